The number of hydrogen-bond acceptors (Lipinski definition) is 2. The number of anilines is 1. The summed E-state index contributed by atoms with van der Waals surface area (Å²) in [5.74, 6) is 0.943. The molecule has 3 rings (SSSR count). The van der Waals surface area contributed by atoms with Crippen molar-refractivity contribution in [3.63, 3.8) is 0 Å². The summed E-state index contributed by atoms with van der Waals surface area (Å²) in [6.07, 6.45) is 1.33. The summed E-state index contributed by atoms with van der Waals surface area (Å²) in [6.45, 7) is 4.81. The minimum Gasteiger partial charge on any atom is -0.489 e. The summed E-state index contributed by atoms with van der Waals surface area (Å²) in [7, 11) is 0. The number of ether oxygens (including phenoxy) is 1. The van der Waals surface area contributed by atoms with Crippen molar-refractivity contribution in [2.24, 2.45) is 0 Å². The number of aryl methyl sites for hydroxylation is 3. The van der Waals surface area contributed by atoms with Crippen molar-refractivity contribution < 1.29 is 9.53 Å². The highest BCUT2D eigenvalue weighted by molar-refractivity contribution is 14.1. The van der Waals surface area contributed by atoms with Gasteiger partial charge in [0.2, 0.25) is 5.91 Å². The molecule has 0 radical (unpaired) electrons. The average molecular weight is 407 g/mol. The quantitative estimate of drug-likeness (QED) is 0.768. The second-order valence-electron chi connectivity index (χ2n) is 5.67. The highest BCUT2D eigenvalue weighted by atomic mass is 127. The van der Waals surface area contributed by atoms with Crippen molar-refractivity contribution >= 4 is 34.2 Å². The first kappa shape index (κ1) is 15.3. The largest absolute Gasteiger partial charge is 0.489 e. The van der Waals surface area contributed by atoms with Crippen LogP contribution in [0.1, 0.15) is 28.7 Å². The summed E-state index contributed by atoms with van der Waals surface area (Å²) in [5, 5.41) is 2.89. The molecule has 0 unspecified atom stereocenters. The van der Waals surface area contributed by atoms with E-state index in [1.807, 2.05) is 18.2 Å². The molecule has 4 heteroatoms. The molecule has 114 valence electrons. The number of benzene rings is 2. The van der Waals surface area contributed by atoms with Crippen molar-refractivity contribution in [3.8, 4) is 5.75 Å². The third kappa shape index (κ3) is 3.27. The van der Waals surface area contributed by atoms with Gasteiger partial charge >= 0.3 is 0 Å². The van der Waals surface area contributed by atoms with Gasteiger partial charge in [-0.25, -0.2) is 0 Å². The van der Waals surface area contributed by atoms with E-state index in [0.29, 0.717) is 13.0 Å². The summed E-state index contributed by atoms with van der Waals surface area (Å²) in [4.78, 5) is 11.4. The molecule has 0 fully saturated rings. The van der Waals surface area contributed by atoms with E-state index in [0.717, 1.165) is 23.4 Å². The molecule has 3 nitrogen and oxygen atoms in total. The fraction of sp³-hybridized carbons (Fsp3) is 0.278. The molecular formula is C18H18INO2. The monoisotopic (exact) mass is 407 g/mol. The van der Waals surface area contributed by atoms with Crippen molar-refractivity contribution in [2.45, 2.75) is 33.3 Å². The summed E-state index contributed by atoms with van der Waals surface area (Å²) in [5.41, 5.74) is 5.81. The molecule has 1 heterocycles. The van der Waals surface area contributed by atoms with Crippen LogP contribution in [0.15, 0.2) is 30.3 Å². The Bertz CT molecular complexity index is 717. The number of carbonyl (C=O) groups excluding carboxylic acids is 1. The molecule has 1 aliphatic heterocycles. The third-order valence-electron chi connectivity index (χ3n) is 4.02. The normalized spacial score (nSPS) is 13.5. The first-order chi connectivity index (χ1) is 10.5. The van der Waals surface area contributed by atoms with E-state index in [9.17, 15) is 4.79 Å². The molecule has 0 bridgehead atoms. The lowest BCUT2D eigenvalue weighted by Crippen LogP contribution is -2.18. The number of halogens is 1. The molecule has 0 aliphatic carbocycles. The van der Waals surface area contributed by atoms with Gasteiger partial charge in [0, 0.05) is 15.7 Å². The zero-order valence-electron chi connectivity index (χ0n) is 12.7. The van der Waals surface area contributed by atoms with E-state index in [-0.39, 0.29) is 5.91 Å². The molecule has 0 aromatic heterocycles. The van der Waals surface area contributed by atoms with Gasteiger partial charge in [0.05, 0.1) is 0 Å². The third-order valence-corrected chi connectivity index (χ3v) is 4.64. The maximum Gasteiger partial charge on any atom is 0.224 e. The maximum absolute atomic E-state index is 11.4. The Morgan fingerprint density at radius 3 is 2.59 bits per heavy atom. The van der Waals surface area contributed by atoms with Crippen molar-refractivity contribution in [3.05, 3.63) is 56.2 Å². The minimum atomic E-state index is 0.0892. The molecular weight excluding hydrogens is 389 g/mol. The standard InChI is InChI=1S/C18H18INO2/c1-11-7-14(19)8-12(2)16(11)10-22-15-4-5-17-13(9-15)3-6-18(21)20-17/h4-5,7-9H,3,6,10H2,1-2H3,(H,20,21). The number of nitrogens with one attached hydrogen (secondary N) is 1. The van der Waals surface area contributed by atoms with E-state index in [1.165, 1.54) is 20.3 Å². The lowest BCUT2D eigenvalue weighted by atomic mass is 10.0. The Hall–Kier alpha value is -1.56. The molecule has 0 spiro atoms. The molecule has 1 N–H and O–H groups in total. The second kappa shape index (κ2) is 6.28. The van der Waals surface area contributed by atoms with Crippen molar-refractivity contribution in [1.29, 1.82) is 0 Å². The van der Waals surface area contributed by atoms with Gasteiger partial charge in [-0.15, -0.1) is 0 Å². The predicted molar refractivity (Wildman–Crippen MR) is 96.4 cm³/mol. The zero-order chi connectivity index (χ0) is 15.7. The molecule has 1 aliphatic rings. The molecule has 0 saturated heterocycles. The van der Waals surface area contributed by atoms with Crippen LogP contribution in [0, 0.1) is 17.4 Å². The summed E-state index contributed by atoms with van der Waals surface area (Å²) in [6, 6.07) is 10.2. The number of amides is 1. The SMILES string of the molecule is Cc1cc(I)cc(C)c1COc1ccc2c(c1)CCC(=O)N2. The lowest BCUT2D eigenvalue weighted by Gasteiger charge is -2.18. The van der Waals surface area contributed by atoms with Crippen LogP contribution in [0.5, 0.6) is 5.75 Å². The number of carbonyl (C=O) groups is 1. The topological polar surface area (TPSA) is 38.3 Å². The van der Waals surface area contributed by atoms with E-state index in [4.69, 9.17) is 4.74 Å². The average Bonchev–Trinajstić information content (AvgIpc) is 2.46. The van der Waals surface area contributed by atoms with E-state index in [1.54, 1.807) is 0 Å². The highest BCUT2D eigenvalue weighted by Gasteiger charge is 2.15. The Kier molecular flexibility index (Phi) is 4.38. The minimum absolute atomic E-state index is 0.0892. The summed E-state index contributed by atoms with van der Waals surface area (Å²) >= 11 is 2.34. The van der Waals surface area contributed by atoms with Crippen molar-refractivity contribution in [1.82, 2.24) is 0 Å². The van der Waals surface area contributed by atoms with Gasteiger partial charge < -0.3 is 10.1 Å². The number of fused-ring (bicyclic) bond motifs is 1. The predicted octanol–water partition coefficient (Wildman–Crippen LogP) is 4.37. The lowest BCUT2D eigenvalue weighted by molar-refractivity contribution is -0.116. The molecule has 22 heavy (non-hydrogen) atoms. The van der Waals surface area contributed by atoms with Crippen LogP contribution < -0.4 is 10.1 Å². The van der Waals surface area contributed by atoms with Crippen LogP contribution in [-0.4, -0.2) is 5.91 Å². The van der Waals surface area contributed by atoms with Crippen molar-refractivity contribution in [2.75, 3.05) is 5.32 Å². The fourth-order valence-electron chi connectivity index (χ4n) is 2.77. The first-order valence-corrected chi connectivity index (χ1v) is 8.42. The molecule has 0 saturated carbocycles. The molecule has 1 amide bonds. The van der Waals surface area contributed by atoms with Crippen LogP contribution >= 0.6 is 22.6 Å². The molecule has 0 atom stereocenters. The first-order valence-electron chi connectivity index (χ1n) is 7.34. The van der Waals surface area contributed by atoms with Gasteiger partial charge in [-0.3, -0.25) is 4.79 Å². The van der Waals surface area contributed by atoms with Crippen LogP contribution in [0.3, 0.4) is 0 Å². The Morgan fingerprint density at radius 2 is 1.86 bits per heavy atom. The van der Waals surface area contributed by atoms with Crippen LogP contribution in [-0.2, 0) is 17.8 Å². The summed E-state index contributed by atoms with van der Waals surface area (Å²) < 4.78 is 7.22. The maximum atomic E-state index is 11.4. The van der Waals surface area contributed by atoms with Gasteiger partial charge in [-0.2, -0.15) is 0 Å². The molecule has 2 aromatic carbocycles. The molecule has 2 aromatic rings. The second-order valence-corrected chi connectivity index (χ2v) is 6.92. The Morgan fingerprint density at radius 1 is 1.14 bits per heavy atom. The van der Waals surface area contributed by atoms with Crippen LogP contribution in [0.2, 0.25) is 0 Å². The zero-order valence-corrected chi connectivity index (χ0v) is 14.9. The van der Waals surface area contributed by atoms with E-state index < -0.39 is 0 Å². The Balaban J connectivity index is 1.76. The van der Waals surface area contributed by atoms with Gasteiger partial charge in [0.25, 0.3) is 0 Å². The smallest absolute Gasteiger partial charge is 0.224 e. The van der Waals surface area contributed by atoms with Crippen LogP contribution in [0.25, 0.3) is 0 Å². The van der Waals surface area contributed by atoms with E-state index in [2.05, 4.69) is 53.9 Å². The Labute approximate surface area is 144 Å². The van der Waals surface area contributed by atoms with Gasteiger partial charge in [0.1, 0.15) is 12.4 Å². The van der Waals surface area contributed by atoms with Gasteiger partial charge in [0.15, 0.2) is 0 Å². The van der Waals surface area contributed by atoms with Crippen LogP contribution in [0.4, 0.5) is 5.69 Å². The number of rotatable bonds is 3. The highest BCUT2D eigenvalue weighted by Crippen LogP contribution is 2.28. The number of hydrogen-bond donors (Lipinski definition) is 1. The van der Waals surface area contributed by atoms with E-state index >= 15 is 0 Å². The fourth-order valence-corrected chi connectivity index (χ4v) is 3.71. The van der Waals surface area contributed by atoms with Gasteiger partial charge in [-0.1, -0.05) is 0 Å². The van der Waals surface area contributed by atoms with Gasteiger partial charge in [-0.05, 0) is 95.4 Å².